The molecule has 100 valence electrons. The van der Waals surface area contributed by atoms with Gasteiger partial charge in [0.2, 0.25) is 0 Å². The summed E-state index contributed by atoms with van der Waals surface area (Å²) >= 11 is 0. The van der Waals surface area contributed by atoms with E-state index in [4.69, 9.17) is 0 Å². The molecule has 2 unspecified atom stereocenters. The molecule has 0 radical (unpaired) electrons. The zero-order valence-corrected chi connectivity index (χ0v) is 10.3. The van der Waals surface area contributed by atoms with Crippen LogP contribution in [0.2, 0.25) is 0 Å². The number of nitrogens with one attached hydrogen (secondary N) is 1. The topological polar surface area (TPSA) is 28.2 Å². The quantitative estimate of drug-likeness (QED) is 0.838. The Labute approximate surface area is 104 Å². The van der Waals surface area contributed by atoms with Crippen LogP contribution in [0.3, 0.4) is 0 Å². The number of alkyl halides is 3. The van der Waals surface area contributed by atoms with Crippen LogP contribution in [0.15, 0.2) is 18.3 Å². The fourth-order valence-electron chi connectivity index (χ4n) is 2.13. The van der Waals surface area contributed by atoms with Crippen molar-refractivity contribution in [2.24, 2.45) is 0 Å². The molecule has 0 bridgehead atoms. The molecule has 0 aromatic carbocycles. The van der Waals surface area contributed by atoms with E-state index in [-0.39, 0.29) is 12.1 Å². The van der Waals surface area contributed by atoms with Gasteiger partial charge < -0.3 is 10.2 Å². The van der Waals surface area contributed by atoms with Gasteiger partial charge in [-0.2, -0.15) is 13.2 Å². The molecule has 1 N–H and O–H groups in total. The number of aromatic nitrogens is 1. The Balaban J connectivity index is 2.27. The van der Waals surface area contributed by atoms with Crippen LogP contribution in [0.5, 0.6) is 0 Å². The van der Waals surface area contributed by atoms with Crippen molar-refractivity contribution in [3.05, 3.63) is 24.0 Å². The van der Waals surface area contributed by atoms with E-state index in [9.17, 15) is 13.2 Å². The van der Waals surface area contributed by atoms with Crippen molar-refractivity contribution in [3.63, 3.8) is 0 Å². The second kappa shape index (κ2) is 4.76. The van der Waals surface area contributed by atoms with E-state index in [0.29, 0.717) is 12.2 Å². The smallest absolute Gasteiger partial charge is 0.366 e. The Morgan fingerprint density at radius 3 is 2.78 bits per heavy atom. The number of nitrogens with zero attached hydrogens (tertiary/aromatic N) is 2. The van der Waals surface area contributed by atoms with Crippen LogP contribution in [-0.4, -0.2) is 30.2 Å². The molecule has 1 aliphatic rings. The first-order valence-electron chi connectivity index (χ1n) is 5.91. The molecule has 0 amide bonds. The van der Waals surface area contributed by atoms with Crippen molar-refractivity contribution in [1.82, 2.24) is 10.3 Å². The van der Waals surface area contributed by atoms with Gasteiger partial charge in [-0.3, -0.25) is 4.98 Å². The molecule has 1 saturated heterocycles. The molecule has 1 aliphatic heterocycles. The molecule has 0 saturated carbocycles. The maximum Gasteiger partial charge on any atom is 0.433 e. The first kappa shape index (κ1) is 13.1. The van der Waals surface area contributed by atoms with E-state index in [1.165, 1.54) is 6.20 Å². The highest BCUT2D eigenvalue weighted by Crippen LogP contribution is 2.30. The minimum Gasteiger partial charge on any atom is -0.366 e. The summed E-state index contributed by atoms with van der Waals surface area (Å²) in [4.78, 5) is 5.37. The van der Waals surface area contributed by atoms with Gasteiger partial charge in [0.05, 0.1) is 0 Å². The second-order valence-corrected chi connectivity index (χ2v) is 4.71. The Bertz CT molecular complexity index is 419. The number of hydrogen-bond donors (Lipinski definition) is 1. The maximum atomic E-state index is 12.6. The number of anilines is 1. The third-order valence-corrected chi connectivity index (χ3v) is 3.13. The van der Waals surface area contributed by atoms with Gasteiger partial charge in [0.25, 0.3) is 0 Å². The Hall–Kier alpha value is -1.30. The van der Waals surface area contributed by atoms with Crippen LogP contribution in [0, 0.1) is 0 Å². The normalized spacial score (nSPS) is 25.3. The van der Waals surface area contributed by atoms with Crippen molar-refractivity contribution in [2.45, 2.75) is 32.1 Å². The zero-order chi connectivity index (χ0) is 13.3. The molecule has 2 heterocycles. The highest BCUT2D eigenvalue weighted by atomic mass is 19.4. The molecule has 6 heteroatoms. The van der Waals surface area contributed by atoms with E-state index in [1.807, 2.05) is 18.7 Å². The van der Waals surface area contributed by atoms with Gasteiger partial charge in [-0.25, -0.2) is 0 Å². The largest absolute Gasteiger partial charge is 0.433 e. The van der Waals surface area contributed by atoms with E-state index in [1.54, 1.807) is 6.07 Å². The van der Waals surface area contributed by atoms with Gasteiger partial charge in [-0.15, -0.1) is 0 Å². The van der Waals surface area contributed by atoms with Gasteiger partial charge in [0.1, 0.15) is 5.69 Å². The summed E-state index contributed by atoms with van der Waals surface area (Å²) in [5, 5.41) is 3.30. The number of hydrogen-bond acceptors (Lipinski definition) is 3. The fraction of sp³-hybridized carbons (Fsp3) is 0.583. The predicted molar refractivity (Wildman–Crippen MR) is 63.5 cm³/mol. The van der Waals surface area contributed by atoms with Gasteiger partial charge in [0, 0.05) is 37.1 Å². The lowest BCUT2D eigenvalue weighted by atomic mass is 10.1. The highest BCUT2D eigenvalue weighted by Gasteiger charge is 2.33. The molecule has 3 nitrogen and oxygen atoms in total. The minimum absolute atomic E-state index is 0.171. The van der Waals surface area contributed by atoms with E-state index in [0.717, 1.165) is 12.6 Å². The van der Waals surface area contributed by atoms with Crippen LogP contribution in [0.4, 0.5) is 18.9 Å². The van der Waals surface area contributed by atoms with Gasteiger partial charge >= 0.3 is 6.18 Å². The van der Waals surface area contributed by atoms with Crippen molar-refractivity contribution >= 4 is 5.69 Å². The van der Waals surface area contributed by atoms with Crippen LogP contribution < -0.4 is 10.2 Å². The lowest BCUT2D eigenvalue weighted by Crippen LogP contribution is -2.54. The van der Waals surface area contributed by atoms with E-state index >= 15 is 0 Å². The Morgan fingerprint density at radius 1 is 1.39 bits per heavy atom. The lowest BCUT2D eigenvalue weighted by molar-refractivity contribution is -0.141. The monoisotopic (exact) mass is 259 g/mol. The minimum atomic E-state index is -4.39. The molecule has 0 spiro atoms. The molecule has 18 heavy (non-hydrogen) atoms. The molecule has 2 rings (SSSR count). The van der Waals surface area contributed by atoms with Gasteiger partial charge in [-0.1, -0.05) is 0 Å². The SMILES string of the molecule is CC1CN(c2ccnc(C(F)(F)F)c2)C(C)CN1. The lowest BCUT2D eigenvalue weighted by Gasteiger charge is -2.39. The molecule has 1 aromatic rings. The molecule has 2 atom stereocenters. The first-order valence-corrected chi connectivity index (χ1v) is 5.91. The van der Waals surface area contributed by atoms with Crippen LogP contribution >= 0.6 is 0 Å². The third kappa shape index (κ3) is 2.75. The molecular weight excluding hydrogens is 243 g/mol. The number of pyridine rings is 1. The van der Waals surface area contributed by atoms with Crippen LogP contribution in [0.1, 0.15) is 19.5 Å². The summed E-state index contributed by atoms with van der Waals surface area (Å²) in [6.07, 6.45) is -3.17. The third-order valence-electron chi connectivity index (χ3n) is 3.13. The van der Waals surface area contributed by atoms with Crippen molar-refractivity contribution in [3.8, 4) is 0 Å². The zero-order valence-electron chi connectivity index (χ0n) is 10.3. The summed E-state index contributed by atoms with van der Waals surface area (Å²) in [7, 11) is 0. The number of rotatable bonds is 1. The summed E-state index contributed by atoms with van der Waals surface area (Å²) in [6, 6.07) is 3.19. The Morgan fingerprint density at radius 2 is 2.11 bits per heavy atom. The average molecular weight is 259 g/mol. The standard InChI is InChI=1S/C12H16F3N3/c1-8-7-18(9(2)6-17-8)10-3-4-16-11(5-10)12(13,14)15/h3-5,8-9,17H,6-7H2,1-2H3. The molecule has 0 aliphatic carbocycles. The van der Waals surface area contributed by atoms with Crippen molar-refractivity contribution < 1.29 is 13.2 Å². The van der Waals surface area contributed by atoms with E-state index < -0.39 is 11.9 Å². The maximum absolute atomic E-state index is 12.6. The molecular formula is C12H16F3N3. The van der Waals surface area contributed by atoms with Crippen LogP contribution in [0.25, 0.3) is 0 Å². The Kier molecular flexibility index (Phi) is 3.47. The summed E-state index contributed by atoms with van der Waals surface area (Å²) in [5.41, 5.74) is -0.253. The second-order valence-electron chi connectivity index (χ2n) is 4.71. The van der Waals surface area contributed by atoms with Gasteiger partial charge in [0.15, 0.2) is 0 Å². The molecule has 1 fully saturated rings. The number of halogens is 3. The predicted octanol–water partition coefficient (Wildman–Crippen LogP) is 2.29. The average Bonchev–Trinajstić information content (AvgIpc) is 2.31. The van der Waals surface area contributed by atoms with Crippen molar-refractivity contribution in [2.75, 3.05) is 18.0 Å². The summed E-state index contributed by atoms with van der Waals surface area (Å²) in [6.45, 7) is 5.48. The molecule has 1 aromatic heterocycles. The fourth-order valence-corrected chi connectivity index (χ4v) is 2.13. The van der Waals surface area contributed by atoms with Crippen molar-refractivity contribution in [1.29, 1.82) is 0 Å². The summed E-state index contributed by atoms with van der Waals surface area (Å²) < 4.78 is 37.8. The van der Waals surface area contributed by atoms with Crippen LogP contribution in [-0.2, 0) is 6.18 Å². The number of piperazine rings is 1. The first-order chi connectivity index (χ1) is 8.38. The van der Waals surface area contributed by atoms with E-state index in [2.05, 4.69) is 10.3 Å². The highest BCUT2D eigenvalue weighted by molar-refractivity contribution is 5.48. The van der Waals surface area contributed by atoms with Gasteiger partial charge in [-0.05, 0) is 26.0 Å². The summed E-state index contributed by atoms with van der Waals surface area (Å²) in [5.74, 6) is 0.